The van der Waals surface area contributed by atoms with E-state index in [4.69, 9.17) is 27.9 Å². The number of aliphatic carboxylic acids is 1. The lowest BCUT2D eigenvalue weighted by atomic mass is 10.2. The molecule has 0 bridgehead atoms. The van der Waals surface area contributed by atoms with Gasteiger partial charge in [0.1, 0.15) is 5.75 Å². The van der Waals surface area contributed by atoms with Crippen LogP contribution in [-0.4, -0.2) is 32.9 Å². The molecule has 0 aliphatic carbocycles. The SMILES string of the molecule is NN1C(=O)C(=Cc2ccc(OCC(=O)O)cc2)SC1=S. The lowest BCUT2D eigenvalue weighted by molar-refractivity contribution is -0.139. The average Bonchev–Trinajstić information content (AvgIpc) is 2.65. The van der Waals surface area contributed by atoms with Gasteiger partial charge in [0.05, 0.1) is 4.91 Å². The van der Waals surface area contributed by atoms with Gasteiger partial charge in [-0.3, -0.25) is 4.79 Å². The largest absolute Gasteiger partial charge is 0.482 e. The maximum absolute atomic E-state index is 11.7. The Kier molecular flexibility index (Phi) is 4.38. The number of carbonyl (C=O) groups is 2. The molecule has 1 aliphatic heterocycles. The second-order valence-corrected chi connectivity index (χ2v) is 5.48. The van der Waals surface area contributed by atoms with Gasteiger partial charge in [-0.25, -0.2) is 15.6 Å². The van der Waals surface area contributed by atoms with Crippen molar-refractivity contribution in [2.24, 2.45) is 5.84 Å². The third-order valence-corrected chi connectivity index (χ3v) is 3.69. The van der Waals surface area contributed by atoms with Crippen molar-refractivity contribution in [3.05, 3.63) is 34.7 Å². The summed E-state index contributed by atoms with van der Waals surface area (Å²) < 4.78 is 5.31. The van der Waals surface area contributed by atoms with Gasteiger partial charge in [-0.1, -0.05) is 36.1 Å². The highest BCUT2D eigenvalue weighted by atomic mass is 32.2. The van der Waals surface area contributed by atoms with Crippen LogP contribution in [0.4, 0.5) is 0 Å². The van der Waals surface area contributed by atoms with Crippen LogP contribution < -0.4 is 10.6 Å². The van der Waals surface area contributed by atoms with E-state index >= 15 is 0 Å². The molecule has 6 nitrogen and oxygen atoms in total. The first-order chi connectivity index (χ1) is 9.47. The summed E-state index contributed by atoms with van der Waals surface area (Å²) in [5.74, 6) is 4.52. The van der Waals surface area contributed by atoms with E-state index in [9.17, 15) is 9.59 Å². The molecule has 0 aromatic heterocycles. The highest BCUT2D eigenvalue weighted by Gasteiger charge is 2.29. The highest BCUT2D eigenvalue weighted by Crippen LogP contribution is 2.30. The Morgan fingerprint density at radius 2 is 2.10 bits per heavy atom. The number of thiocarbonyl (C=S) groups is 1. The van der Waals surface area contributed by atoms with Crippen LogP contribution >= 0.6 is 24.0 Å². The number of carbonyl (C=O) groups excluding carboxylic acids is 1. The molecule has 8 heteroatoms. The Hall–Kier alpha value is -1.90. The van der Waals surface area contributed by atoms with E-state index < -0.39 is 12.6 Å². The van der Waals surface area contributed by atoms with Crippen molar-refractivity contribution < 1.29 is 19.4 Å². The molecule has 1 aromatic rings. The minimum Gasteiger partial charge on any atom is -0.482 e. The van der Waals surface area contributed by atoms with Crippen LogP contribution in [0.3, 0.4) is 0 Å². The summed E-state index contributed by atoms with van der Waals surface area (Å²) in [6.45, 7) is -0.398. The zero-order chi connectivity index (χ0) is 14.7. The number of carboxylic acids is 1. The van der Waals surface area contributed by atoms with E-state index in [1.165, 1.54) is 0 Å². The first kappa shape index (κ1) is 14.5. The van der Waals surface area contributed by atoms with Gasteiger partial charge in [0.2, 0.25) is 0 Å². The number of hydrogen-bond donors (Lipinski definition) is 2. The maximum Gasteiger partial charge on any atom is 0.341 e. The fourth-order valence-corrected chi connectivity index (χ4v) is 2.54. The molecule has 0 radical (unpaired) electrons. The summed E-state index contributed by atoms with van der Waals surface area (Å²) >= 11 is 6.05. The Bertz CT molecular complexity index is 598. The second-order valence-electron chi connectivity index (χ2n) is 3.80. The van der Waals surface area contributed by atoms with Crippen molar-refractivity contribution in [2.75, 3.05) is 6.61 Å². The highest BCUT2D eigenvalue weighted by molar-refractivity contribution is 8.26. The Morgan fingerprint density at radius 3 is 2.60 bits per heavy atom. The third kappa shape index (κ3) is 3.35. The van der Waals surface area contributed by atoms with Gasteiger partial charge in [-0.2, -0.15) is 0 Å². The summed E-state index contributed by atoms with van der Waals surface area (Å²) in [6.07, 6.45) is 1.66. The minimum absolute atomic E-state index is 0.308. The van der Waals surface area contributed by atoms with Crippen molar-refractivity contribution in [3.8, 4) is 5.75 Å². The van der Waals surface area contributed by atoms with Gasteiger partial charge >= 0.3 is 5.97 Å². The fourth-order valence-electron chi connectivity index (χ4n) is 1.44. The van der Waals surface area contributed by atoms with E-state index in [2.05, 4.69) is 0 Å². The van der Waals surface area contributed by atoms with Crippen LogP contribution in [0.15, 0.2) is 29.2 Å². The number of hydrazine groups is 1. The molecule has 0 spiro atoms. The van der Waals surface area contributed by atoms with E-state index in [0.717, 1.165) is 22.3 Å². The predicted molar refractivity (Wildman–Crippen MR) is 78.8 cm³/mol. The van der Waals surface area contributed by atoms with Crippen molar-refractivity contribution >= 4 is 46.3 Å². The smallest absolute Gasteiger partial charge is 0.341 e. The van der Waals surface area contributed by atoms with Crippen LogP contribution in [-0.2, 0) is 9.59 Å². The van der Waals surface area contributed by atoms with Gasteiger partial charge in [-0.15, -0.1) is 0 Å². The number of nitrogens with zero attached hydrogens (tertiary/aromatic N) is 1. The number of amides is 1. The fraction of sp³-hybridized carbons (Fsp3) is 0.0833. The number of hydrogen-bond acceptors (Lipinski definition) is 6. The molecule has 1 aromatic carbocycles. The molecule has 1 saturated heterocycles. The first-order valence-electron chi connectivity index (χ1n) is 5.44. The molecule has 1 aliphatic rings. The standard InChI is InChI=1S/C12H10N2O4S2/c13-14-11(17)9(20-12(14)19)5-7-1-3-8(4-2-7)18-6-10(15)16/h1-5H,6,13H2,(H,15,16). The van der Waals surface area contributed by atoms with Crippen LogP contribution in [0, 0.1) is 0 Å². The molecule has 104 valence electrons. The summed E-state index contributed by atoms with van der Waals surface area (Å²) in [6, 6.07) is 6.66. The Labute approximate surface area is 124 Å². The van der Waals surface area contributed by atoms with E-state index in [1.807, 2.05) is 0 Å². The van der Waals surface area contributed by atoms with Crippen LogP contribution in [0.1, 0.15) is 5.56 Å². The predicted octanol–water partition coefficient (Wildman–Crippen LogP) is 1.22. The van der Waals surface area contributed by atoms with Crippen molar-refractivity contribution in [1.82, 2.24) is 5.01 Å². The Balaban J connectivity index is 2.09. The third-order valence-electron chi connectivity index (χ3n) is 2.36. The number of thioether (sulfide) groups is 1. The molecule has 20 heavy (non-hydrogen) atoms. The number of benzene rings is 1. The zero-order valence-corrected chi connectivity index (χ0v) is 11.7. The van der Waals surface area contributed by atoms with Gasteiger partial charge in [-0.05, 0) is 23.8 Å². The number of ether oxygens (including phenoxy) is 1. The molecule has 0 atom stereocenters. The lowest BCUT2D eigenvalue weighted by Crippen LogP contribution is -2.34. The molecular formula is C12H10N2O4S2. The second kappa shape index (κ2) is 6.04. The summed E-state index contributed by atoms with van der Waals surface area (Å²) in [4.78, 5) is 22.5. The van der Waals surface area contributed by atoms with Crippen LogP contribution in [0.5, 0.6) is 5.75 Å². The minimum atomic E-state index is -1.04. The number of nitrogens with two attached hydrogens (primary N) is 1. The quantitative estimate of drug-likeness (QED) is 0.374. The average molecular weight is 310 g/mol. The summed E-state index contributed by atoms with van der Waals surface area (Å²) in [5.41, 5.74) is 0.765. The molecule has 1 amide bonds. The molecular weight excluding hydrogens is 300 g/mol. The number of rotatable bonds is 4. The summed E-state index contributed by atoms with van der Waals surface area (Å²) in [7, 11) is 0. The summed E-state index contributed by atoms with van der Waals surface area (Å²) in [5, 5.41) is 9.42. The lowest BCUT2D eigenvalue weighted by Gasteiger charge is -2.04. The maximum atomic E-state index is 11.7. The van der Waals surface area contributed by atoms with Gasteiger partial charge in [0.25, 0.3) is 5.91 Å². The van der Waals surface area contributed by atoms with E-state index in [-0.39, 0.29) is 5.91 Å². The topological polar surface area (TPSA) is 92.9 Å². The monoisotopic (exact) mass is 310 g/mol. The first-order valence-corrected chi connectivity index (χ1v) is 6.67. The van der Waals surface area contributed by atoms with Gasteiger partial charge in [0.15, 0.2) is 10.9 Å². The van der Waals surface area contributed by atoms with Crippen LogP contribution in [0.25, 0.3) is 6.08 Å². The normalized spacial score (nSPS) is 16.9. The van der Waals surface area contributed by atoms with Crippen molar-refractivity contribution in [3.63, 3.8) is 0 Å². The molecule has 1 heterocycles. The molecule has 1 fully saturated rings. The molecule has 0 saturated carbocycles. The molecule has 2 rings (SSSR count). The van der Waals surface area contributed by atoms with E-state index in [0.29, 0.717) is 15.0 Å². The van der Waals surface area contributed by atoms with Crippen molar-refractivity contribution in [2.45, 2.75) is 0 Å². The van der Waals surface area contributed by atoms with Gasteiger partial charge < -0.3 is 9.84 Å². The van der Waals surface area contributed by atoms with Crippen molar-refractivity contribution in [1.29, 1.82) is 0 Å². The number of carboxylic acid groups (broad SMARTS) is 1. The Morgan fingerprint density at radius 1 is 1.45 bits per heavy atom. The zero-order valence-electron chi connectivity index (χ0n) is 10.1. The van der Waals surface area contributed by atoms with Gasteiger partial charge in [0, 0.05) is 0 Å². The van der Waals surface area contributed by atoms with E-state index in [1.54, 1.807) is 30.3 Å². The van der Waals surface area contributed by atoms with Crippen LogP contribution in [0.2, 0.25) is 0 Å². The molecule has 3 N–H and O–H groups in total. The molecule has 0 unspecified atom stereocenters.